The largest absolute Gasteiger partial charge is 0.311 e. The standard InChI is InChI=1S/C45H33N5/c1-4-14-30(15-5-1)43-46-44(31-16-6-2-7-17-31)48-45(47-43)32-24-26-34(27-25-32)50-40-23-13-11-21-36(40)38-29-28-37-35-20-10-12-22-39(35)49(41(37)42(38)50)33-18-8-3-9-19-33/h1-9,11,13-19,21,23-29H,10,12,20,22H2. The molecule has 0 saturated carbocycles. The number of hydrogen-bond acceptors (Lipinski definition) is 3. The van der Waals surface area contributed by atoms with E-state index >= 15 is 0 Å². The molecule has 0 amide bonds. The molecule has 0 aliphatic heterocycles. The van der Waals surface area contributed by atoms with Crippen molar-refractivity contribution in [3.63, 3.8) is 0 Å². The highest BCUT2D eigenvalue weighted by Gasteiger charge is 2.25. The average molecular weight is 644 g/mol. The molecule has 1 aliphatic carbocycles. The summed E-state index contributed by atoms with van der Waals surface area (Å²) in [5.41, 5.74) is 11.9. The highest BCUT2D eigenvalue weighted by Crippen LogP contribution is 2.42. The normalized spacial score (nSPS) is 12.9. The summed E-state index contributed by atoms with van der Waals surface area (Å²) in [5.74, 6) is 1.97. The van der Waals surface area contributed by atoms with Crippen molar-refractivity contribution >= 4 is 32.7 Å². The Hall–Kier alpha value is -6.33. The van der Waals surface area contributed by atoms with E-state index in [1.54, 1.807) is 0 Å². The molecule has 6 aromatic carbocycles. The van der Waals surface area contributed by atoms with Crippen molar-refractivity contribution in [2.45, 2.75) is 25.7 Å². The number of rotatable bonds is 5. The summed E-state index contributed by atoms with van der Waals surface area (Å²) < 4.78 is 5.01. The predicted octanol–water partition coefficient (Wildman–Crippen LogP) is 10.8. The molecule has 0 unspecified atom stereocenters. The zero-order valence-electron chi connectivity index (χ0n) is 27.5. The van der Waals surface area contributed by atoms with Gasteiger partial charge in [0.1, 0.15) is 0 Å². The molecule has 0 spiro atoms. The maximum Gasteiger partial charge on any atom is 0.164 e. The minimum atomic E-state index is 0.652. The van der Waals surface area contributed by atoms with Gasteiger partial charge in [0.25, 0.3) is 0 Å². The lowest BCUT2D eigenvalue weighted by atomic mass is 9.95. The van der Waals surface area contributed by atoms with E-state index in [2.05, 4.69) is 100 Å². The molecule has 5 heteroatoms. The molecule has 50 heavy (non-hydrogen) atoms. The first kappa shape index (κ1) is 28.7. The van der Waals surface area contributed by atoms with Crippen LogP contribution >= 0.6 is 0 Å². The average Bonchev–Trinajstić information content (AvgIpc) is 3.72. The Morgan fingerprint density at radius 1 is 0.380 bits per heavy atom. The lowest BCUT2D eigenvalue weighted by Gasteiger charge is -2.16. The van der Waals surface area contributed by atoms with Gasteiger partial charge in [0.2, 0.25) is 0 Å². The van der Waals surface area contributed by atoms with Gasteiger partial charge in [-0.2, -0.15) is 0 Å². The van der Waals surface area contributed by atoms with Crippen molar-refractivity contribution in [2.24, 2.45) is 0 Å². The topological polar surface area (TPSA) is 48.5 Å². The van der Waals surface area contributed by atoms with E-state index in [0.717, 1.165) is 35.2 Å². The summed E-state index contributed by atoms with van der Waals surface area (Å²) >= 11 is 0. The molecule has 0 atom stereocenters. The fourth-order valence-corrected chi connectivity index (χ4v) is 7.90. The van der Waals surface area contributed by atoms with Gasteiger partial charge in [-0.15, -0.1) is 0 Å². The minimum Gasteiger partial charge on any atom is -0.311 e. The van der Waals surface area contributed by atoms with Crippen LogP contribution in [0, 0.1) is 0 Å². The molecular weight excluding hydrogens is 611 g/mol. The Kier molecular flexibility index (Phi) is 6.69. The summed E-state index contributed by atoms with van der Waals surface area (Å²) in [5, 5.41) is 3.88. The predicted molar refractivity (Wildman–Crippen MR) is 204 cm³/mol. The maximum absolute atomic E-state index is 4.98. The minimum absolute atomic E-state index is 0.652. The van der Waals surface area contributed by atoms with E-state index in [1.807, 2.05) is 60.7 Å². The van der Waals surface area contributed by atoms with Crippen LogP contribution < -0.4 is 0 Å². The van der Waals surface area contributed by atoms with Crippen LogP contribution in [-0.2, 0) is 12.8 Å². The highest BCUT2D eigenvalue weighted by atomic mass is 15.1. The van der Waals surface area contributed by atoms with E-state index in [0.29, 0.717) is 17.5 Å². The zero-order chi connectivity index (χ0) is 33.0. The summed E-state index contributed by atoms with van der Waals surface area (Å²) in [6.07, 6.45) is 4.67. The molecule has 10 rings (SSSR count). The van der Waals surface area contributed by atoms with Gasteiger partial charge < -0.3 is 9.13 Å². The van der Waals surface area contributed by atoms with Crippen molar-refractivity contribution < 1.29 is 0 Å². The number of para-hydroxylation sites is 2. The number of nitrogens with zero attached hydrogens (tertiary/aromatic N) is 5. The van der Waals surface area contributed by atoms with Crippen LogP contribution in [-0.4, -0.2) is 24.1 Å². The van der Waals surface area contributed by atoms with E-state index < -0.39 is 0 Å². The Bertz CT molecular complexity index is 2610. The van der Waals surface area contributed by atoms with Crippen LogP contribution in [0.5, 0.6) is 0 Å². The SMILES string of the molecule is c1ccc(-c2nc(-c3ccccc3)nc(-c3ccc(-n4c5ccccc5c5ccc6c7c(n(-c8ccccc8)c6c54)CCCC7)cc3)n2)cc1. The third kappa shape index (κ3) is 4.58. The smallest absolute Gasteiger partial charge is 0.164 e. The van der Waals surface area contributed by atoms with Crippen LogP contribution in [0.3, 0.4) is 0 Å². The maximum atomic E-state index is 4.98. The molecule has 3 heterocycles. The van der Waals surface area contributed by atoms with Crippen LogP contribution in [0.4, 0.5) is 0 Å². The molecule has 9 aromatic rings. The number of hydrogen-bond donors (Lipinski definition) is 0. The number of benzene rings is 6. The lowest BCUT2D eigenvalue weighted by molar-refractivity contribution is 0.667. The summed E-state index contributed by atoms with van der Waals surface area (Å²) in [7, 11) is 0. The molecule has 0 radical (unpaired) electrons. The Morgan fingerprint density at radius 3 is 1.54 bits per heavy atom. The third-order valence-corrected chi connectivity index (χ3v) is 10.2. The molecule has 0 bridgehead atoms. The summed E-state index contributed by atoms with van der Waals surface area (Å²) in [4.78, 5) is 14.9. The zero-order valence-corrected chi connectivity index (χ0v) is 27.5. The van der Waals surface area contributed by atoms with Gasteiger partial charge in [-0.1, -0.05) is 109 Å². The number of fused-ring (bicyclic) bond motifs is 7. The van der Waals surface area contributed by atoms with Gasteiger partial charge in [0, 0.05) is 49.9 Å². The second-order valence-corrected chi connectivity index (χ2v) is 13.1. The molecule has 238 valence electrons. The summed E-state index contributed by atoms with van der Waals surface area (Å²) in [6, 6.07) is 53.4. The summed E-state index contributed by atoms with van der Waals surface area (Å²) in [6.45, 7) is 0. The Morgan fingerprint density at radius 2 is 0.880 bits per heavy atom. The van der Waals surface area contributed by atoms with E-state index in [4.69, 9.17) is 15.0 Å². The van der Waals surface area contributed by atoms with Crippen LogP contribution in [0.15, 0.2) is 152 Å². The van der Waals surface area contributed by atoms with Crippen LogP contribution in [0.25, 0.3) is 78.2 Å². The van der Waals surface area contributed by atoms with E-state index in [1.165, 1.54) is 62.5 Å². The fourth-order valence-electron chi connectivity index (χ4n) is 7.90. The number of aryl methyl sites for hydroxylation is 1. The molecule has 0 fully saturated rings. The van der Waals surface area contributed by atoms with Gasteiger partial charge in [0.15, 0.2) is 17.5 Å². The quantitative estimate of drug-likeness (QED) is 0.187. The van der Waals surface area contributed by atoms with E-state index in [-0.39, 0.29) is 0 Å². The molecule has 0 N–H and O–H groups in total. The van der Waals surface area contributed by atoms with Crippen molar-refractivity contribution in [1.29, 1.82) is 0 Å². The van der Waals surface area contributed by atoms with Crippen molar-refractivity contribution in [1.82, 2.24) is 24.1 Å². The van der Waals surface area contributed by atoms with Crippen molar-refractivity contribution in [3.05, 3.63) is 163 Å². The van der Waals surface area contributed by atoms with Crippen molar-refractivity contribution in [2.75, 3.05) is 0 Å². The van der Waals surface area contributed by atoms with Crippen molar-refractivity contribution in [3.8, 4) is 45.5 Å². The first-order valence-corrected chi connectivity index (χ1v) is 17.4. The third-order valence-electron chi connectivity index (χ3n) is 10.2. The highest BCUT2D eigenvalue weighted by molar-refractivity contribution is 6.19. The monoisotopic (exact) mass is 643 g/mol. The Labute approximate surface area is 290 Å². The van der Waals surface area contributed by atoms with Crippen LogP contribution in [0.2, 0.25) is 0 Å². The first-order valence-electron chi connectivity index (χ1n) is 17.4. The molecule has 1 aliphatic rings. The van der Waals surface area contributed by atoms with Gasteiger partial charge in [-0.25, -0.2) is 15.0 Å². The second-order valence-electron chi connectivity index (χ2n) is 13.1. The van der Waals surface area contributed by atoms with E-state index in [9.17, 15) is 0 Å². The lowest BCUT2D eigenvalue weighted by Crippen LogP contribution is -2.07. The number of aromatic nitrogens is 5. The van der Waals surface area contributed by atoms with Crippen LogP contribution in [0.1, 0.15) is 24.1 Å². The first-order chi connectivity index (χ1) is 24.8. The second kappa shape index (κ2) is 11.7. The molecule has 3 aromatic heterocycles. The molecular formula is C45H33N5. The van der Waals surface area contributed by atoms with Gasteiger partial charge in [-0.05, 0) is 73.7 Å². The van der Waals surface area contributed by atoms with Gasteiger partial charge >= 0.3 is 0 Å². The fraction of sp³-hybridized carbons (Fsp3) is 0.0889. The Balaban J connectivity index is 1.19. The van der Waals surface area contributed by atoms with Gasteiger partial charge in [-0.3, -0.25) is 0 Å². The van der Waals surface area contributed by atoms with Gasteiger partial charge in [0.05, 0.1) is 16.6 Å². The molecule has 5 nitrogen and oxygen atoms in total. The molecule has 0 saturated heterocycles.